The van der Waals surface area contributed by atoms with Crippen LogP contribution in [0.15, 0.2) is 12.2 Å². The van der Waals surface area contributed by atoms with Gasteiger partial charge in [0.15, 0.2) is 0 Å². The maximum Gasteiger partial charge on any atom is 0.315 e. The molecule has 6 heteroatoms. The number of amides is 2. The van der Waals surface area contributed by atoms with Crippen molar-refractivity contribution in [3.63, 3.8) is 0 Å². The van der Waals surface area contributed by atoms with Crippen molar-refractivity contribution in [2.45, 2.75) is 43.0 Å². The first-order valence-electron chi connectivity index (χ1n) is 6.61. The molecule has 2 rings (SSSR count). The standard InChI is InChI=1S/C13H20N2O3S/c1-19-11-4-2-3-10(11)15-13(18)14-9-6-5-8(7-9)12(16)17/h5-6,8-11H,2-4,7H2,1H3,(H,16,17)(H2,14,15,18). The van der Waals surface area contributed by atoms with Gasteiger partial charge in [0.25, 0.3) is 0 Å². The van der Waals surface area contributed by atoms with Crippen molar-refractivity contribution in [2.24, 2.45) is 5.92 Å². The second-order valence-electron chi connectivity index (χ2n) is 5.10. The topological polar surface area (TPSA) is 78.4 Å². The van der Waals surface area contributed by atoms with Gasteiger partial charge in [-0.05, 0) is 25.5 Å². The van der Waals surface area contributed by atoms with Crippen LogP contribution in [0.2, 0.25) is 0 Å². The molecule has 1 saturated carbocycles. The van der Waals surface area contributed by atoms with Gasteiger partial charge >= 0.3 is 12.0 Å². The highest BCUT2D eigenvalue weighted by Gasteiger charge is 2.29. The molecule has 106 valence electrons. The molecule has 5 nitrogen and oxygen atoms in total. The highest BCUT2D eigenvalue weighted by molar-refractivity contribution is 7.99. The van der Waals surface area contributed by atoms with Crippen LogP contribution in [0, 0.1) is 5.92 Å². The Balaban J connectivity index is 1.76. The summed E-state index contributed by atoms with van der Waals surface area (Å²) in [5.74, 6) is -1.31. The number of hydrogen-bond acceptors (Lipinski definition) is 3. The summed E-state index contributed by atoms with van der Waals surface area (Å²) in [6.45, 7) is 0. The van der Waals surface area contributed by atoms with Crippen LogP contribution in [0.4, 0.5) is 4.79 Å². The third kappa shape index (κ3) is 3.65. The van der Waals surface area contributed by atoms with Gasteiger partial charge in [-0.25, -0.2) is 4.79 Å². The number of nitrogens with one attached hydrogen (secondary N) is 2. The molecule has 4 atom stereocenters. The maximum atomic E-state index is 11.9. The zero-order valence-electron chi connectivity index (χ0n) is 11.0. The molecule has 2 aliphatic rings. The molecule has 0 heterocycles. The lowest BCUT2D eigenvalue weighted by molar-refractivity contribution is -0.140. The van der Waals surface area contributed by atoms with Crippen LogP contribution in [0.1, 0.15) is 25.7 Å². The van der Waals surface area contributed by atoms with Gasteiger partial charge < -0.3 is 15.7 Å². The smallest absolute Gasteiger partial charge is 0.315 e. The van der Waals surface area contributed by atoms with Crippen molar-refractivity contribution in [1.29, 1.82) is 0 Å². The highest BCUT2D eigenvalue weighted by Crippen LogP contribution is 2.28. The van der Waals surface area contributed by atoms with E-state index >= 15 is 0 Å². The summed E-state index contributed by atoms with van der Waals surface area (Å²) in [5, 5.41) is 15.2. The van der Waals surface area contributed by atoms with Crippen LogP contribution in [-0.4, -0.2) is 40.7 Å². The minimum atomic E-state index is -0.834. The van der Waals surface area contributed by atoms with E-state index < -0.39 is 11.9 Å². The van der Waals surface area contributed by atoms with E-state index in [-0.39, 0.29) is 18.1 Å². The van der Waals surface area contributed by atoms with E-state index in [1.807, 2.05) is 0 Å². The number of urea groups is 1. The van der Waals surface area contributed by atoms with Crippen LogP contribution in [-0.2, 0) is 4.79 Å². The molecule has 0 saturated heterocycles. The van der Waals surface area contributed by atoms with Crippen LogP contribution in [0.5, 0.6) is 0 Å². The predicted octanol–water partition coefficient (Wildman–Crippen LogP) is 1.60. The molecule has 19 heavy (non-hydrogen) atoms. The molecule has 0 spiro atoms. The minimum absolute atomic E-state index is 0.171. The Hall–Kier alpha value is -1.17. The molecule has 0 bridgehead atoms. The van der Waals surface area contributed by atoms with Crippen LogP contribution >= 0.6 is 11.8 Å². The minimum Gasteiger partial charge on any atom is -0.481 e. The predicted molar refractivity (Wildman–Crippen MR) is 75.3 cm³/mol. The fourth-order valence-corrected chi connectivity index (χ4v) is 3.68. The van der Waals surface area contributed by atoms with Crippen molar-refractivity contribution in [3.05, 3.63) is 12.2 Å². The Morgan fingerprint density at radius 3 is 2.68 bits per heavy atom. The Labute approximate surface area is 117 Å². The third-order valence-corrected chi connectivity index (χ3v) is 4.96. The molecule has 3 N–H and O–H groups in total. The molecule has 0 radical (unpaired) electrons. The highest BCUT2D eigenvalue weighted by atomic mass is 32.2. The van der Waals surface area contributed by atoms with Gasteiger partial charge in [-0.2, -0.15) is 11.8 Å². The van der Waals surface area contributed by atoms with Gasteiger partial charge in [-0.15, -0.1) is 0 Å². The largest absolute Gasteiger partial charge is 0.481 e. The number of carboxylic acid groups (broad SMARTS) is 1. The monoisotopic (exact) mass is 284 g/mol. The fraction of sp³-hybridized carbons (Fsp3) is 0.692. The Morgan fingerprint density at radius 1 is 1.26 bits per heavy atom. The number of carbonyl (C=O) groups excluding carboxylic acids is 1. The summed E-state index contributed by atoms with van der Waals surface area (Å²) in [4.78, 5) is 22.7. The number of hydrogen-bond donors (Lipinski definition) is 3. The van der Waals surface area contributed by atoms with Gasteiger partial charge in [0.2, 0.25) is 0 Å². The lowest BCUT2D eigenvalue weighted by Crippen LogP contribution is -2.47. The van der Waals surface area contributed by atoms with Crippen molar-refractivity contribution in [3.8, 4) is 0 Å². The first-order chi connectivity index (χ1) is 9.10. The molecule has 4 unspecified atom stereocenters. The first-order valence-corrected chi connectivity index (χ1v) is 7.90. The van der Waals surface area contributed by atoms with E-state index in [4.69, 9.17) is 5.11 Å². The van der Waals surface area contributed by atoms with E-state index in [0.29, 0.717) is 11.7 Å². The number of carbonyl (C=O) groups is 2. The van der Waals surface area contributed by atoms with Gasteiger partial charge in [0.05, 0.1) is 12.0 Å². The molecular weight excluding hydrogens is 264 g/mol. The lowest BCUT2D eigenvalue weighted by atomic mass is 10.1. The van der Waals surface area contributed by atoms with Crippen molar-refractivity contribution in [1.82, 2.24) is 10.6 Å². The van der Waals surface area contributed by atoms with Crippen molar-refractivity contribution >= 4 is 23.8 Å². The molecule has 0 aromatic carbocycles. The Bertz CT molecular complexity index is 386. The normalized spacial score (nSPS) is 33.3. The molecule has 0 aliphatic heterocycles. The van der Waals surface area contributed by atoms with E-state index in [0.717, 1.165) is 19.3 Å². The second kappa shape index (κ2) is 6.32. The first kappa shape index (κ1) is 14.2. The van der Waals surface area contributed by atoms with Crippen molar-refractivity contribution < 1.29 is 14.7 Å². The summed E-state index contributed by atoms with van der Waals surface area (Å²) >= 11 is 1.80. The number of carboxylic acids is 1. The Kier molecular flexibility index (Phi) is 4.74. The van der Waals surface area contributed by atoms with Gasteiger partial charge in [0.1, 0.15) is 0 Å². The van der Waals surface area contributed by atoms with E-state index in [1.54, 1.807) is 23.9 Å². The van der Waals surface area contributed by atoms with Crippen molar-refractivity contribution in [2.75, 3.05) is 6.26 Å². The summed E-state index contributed by atoms with van der Waals surface area (Å²) in [6.07, 6.45) is 9.25. The number of aliphatic carboxylic acids is 1. The second-order valence-corrected chi connectivity index (χ2v) is 6.18. The lowest BCUT2D eigenvalue weighted by Gasteiger charge is -2.21. The summed E-state index contributed by atoms with van der Waals surface area (Å²) < 4.78 is 0. The van der Waals surface area contributed by atoms with E-state index in [2.05, 4.69) is 16.9 Å². The van der Waals surface area contributed by atoms with Crippen LogP contribution in [0.25, 0.3) is 0 Å². The molecule has 1 fully saturated rings. The maximum absolute atomic E-state index is 11.9. The molecule has 2 amide bonds. The molecular formula is C13H20N2O3S. The molecule has 0 aromatic rings. The summed E-state index contributed by atoms with van der Waals surface area (Å²) in [7, 11) is 0. The fourth-order valence-electron chi connectivity index (χ4n) is 2.74. The van der Waals surface area contributed by atoms with Gasteiger partial charge in [0, 0.05) is 11.3 Å². The van der Waals surface area contributed by atoms with E-state index in [9.17, 15) is 9.59 Å². The molecule has 2 aliphatic carbocycles. The average Bonchev–Trinajstić information content (AvgIpc) is 2.97. The number of rotatable bonds is 4. The summed E-state index contributed by atoms with van der Waals surface area (Å²) in [5.41, 5.74) is 0. The molecule has 0 aromatic heterocycles. The van der Waals surface area contributed by atoms with Gasteiger partial charge in [-0.3, -0.25) is 4.79 Å². The number of thioether (sulfide) groups is 1. The zero-order valence-corrected chi connectivity index (χ0v) is 11.8. The zero-order chi connectivity index (χ0) is 13.8. The average molecular weight is 284 g/mol. The Morgan fingerprint density at radius 2 is 2.05 bits per heavy atom. The third-order valence-electron chi connectivity index (χ3n) is 3.79. The quantitative estimate of drug-likeness (QED) is 0.685. The SMILES string of the molecule is CSC1CCCC1NC(=O)NC1C=CC(C(=O)O)C1. The summed E-state index contributed by atoms with van der Waals surface area (Å²) in [6, 6.07) is -0.127. The van der Waals surface area contributed by atoms with Gasteiger partial charge in [-0.1, -0.05) is 18.6 Å². The van der Waals surface area contributed by atoms with Crippen LogP contribution in [0.3, 0.4) is 0 Å². The van der Waals surface area contributed by atoms with Crippen LogP contribution < -0.4 is 10.6 Å². The van der Waals surface area contributed by atoms with E-state index in [1.165, 1.54) is 0 Å².